The molecule has 0 fully saturated rings. The van der Waals surface area contributed by atoms with Crippen LogP contribution in [0.25, 0.3) is 16.9 Å². The zero-order valence-corrected chi connectivity index (χ0v) is 16.5. The topological polar surface area (TPSA) is 69.4 Å². The zero-order valence-electron chi connectivity index (χ0n) is 16.5. The van der Waals surface area contributed by atoms with E-state index in [0.29, 0.717) is 11.4 Å². The first-order chi connectivity index (χ1) is 14.7. The maximum absolute atomic E-state index is 13.0. The van der Waals surface area contributed by atoms with E-state index in [0.717, 1.165) is 22.6 Å². The van der Waals surface area contributed by atoms with E-state index in [2.05, 4.69) is 15.1 Å². The molecule has 4 aromatic rings. The molecule has 30 heavy (non-hydrogen) atoms. The Balaban J connectivity index is 1.65. The second-order valence-corrected chi connectivity index (χ2v) is 6.56. The minimum atomic E-state index is -0.114. The van der Waals surface area contributed by atoms with Crippen molar-refractivity contribution in [3.63, 3.8) is 0 Å². The summed E-state index contributed by atoms with van der Waals surface area (Å²) in [6.07, 6.45) is 5.05. The number of methoxy groups -OCH3 is 1. The average molecular weight is 396 g/mol. The van der Waals surface area contributed by atoms with Crippen molar-refractivity contribution in [2.75, 3.05) is 13.7 Å². The van der Waals surface area contributed by atoms with Crippen LogP contribution in [0.15, 0.2) is 90.2 Å². The molecule has 2 heterocycles. The van der Waals surface area contributed by atoms with Crippen molar-refractivity contribution in [1.29, 1.82) is 0 Å². The lowest BCUT2D eigenvalue weighted by Gasteiger charge is -2.05. The van der Waals surface area contributed by atoms with Gasteiger partial charge in [-0.15, -0.1) is 0 Å². The molecule has 0 saturated heterocycles. The molecule has 6 heteroatoms. The van der Waals surface area contributed by atoms with Gasteiger partial charge in [-0.05, 0) is 60.2 Å². The fourth-order valence-electron chi connectivity index (χ4n) is 3.01. The molecule has 0 aliphatic carbocycles. The summed E-state index contributed by atoms with van der Waals surface area (Å²) < 4.78 is 6.89. The summed E-state index contributed by atoms with van der Waals surface area (Å²) in [4.78, 5) is 21.2. The number of benzene rings is 2. The Morgan fingerprint density at radius 3 is 2.47 bits per heavy atom. The number of aliphatic imine (C=N–C) groups is 1. The van der Waals surface area contributed by atoms with Crippen molar-refractivity contribution in [2.45, 2.75) is 0 Å². The number of pyridine rings is 1. The van der Waals surface area contributed by atoms with Crippen LogP contribution in [0.4, 0.5) is 0 Å². The molecule has 0 atom stereocenters. The van der Waals surface area contributed by atoms with Crippen LogP contribution in [0.5, 0.6) is 5.75 Å². The maximum Gasteiger partial charge on any atom is 0.202 e. The lowest BCUT2D eigenvalue weighted by molar-refractivity contribution is 0.0995. The van der Waals surface area contributed by atoms with Crippen molar-refractivity contribution < 1.29 is 9.53 Å². The van der Waals surface area contributed by atoms with Crippen LogP contribution >= 0.6 is 0 Å². The zero-order chi connectivity index (χ0) is 20.8. The van der Waals surface area contributed by atoms with Crippen LogP contribution in [-0.4, -0.2) is 40.4 Å². The lowest BCUT2D eigenvalue weighted by Crippen LogP contribution is -2.11. The predicted molar refractivity (Wildman–Crippen MR) is 117 cm³/mol. The predicted octanol–water partition coefficient (Wildman–Crippen LogP) is 4.24. The SMILES string of the molecule is COc1ccc(-c2cc(C(=O)CN=Cc3ccncc3)n(-c3ccccc3)n2)cc1. The number of ketones is 1. The molecule has 0 spiro atoms. The highest BCUT2D eigenvalue weighted by molar-refractivity contribution is 5.98. The first-order valence-electron chi connectivity index (χ1n) is 9.47. The monoisotopic (exact) mass is 396 g/mol. The molecule has 148 valence electrons. The van der Waals surface area contributed by atoms with Crippen molar-refractivity contribution >= 4 is 12.0 Å². The van der Waals surface area contributed by atoms with Crippen molar-refractivity contribution in [3.8, 4) is 22.7 Å². The van der Waals surface area contributed by atoms with E-state index in [9.17, 15) is 4.79 Å². The minimum absolute atomic E-state index is 0.0307. The van der Waals surface area contributed by atoms with Gasteiger partial charge in [-0.1, -0.05) is 18.2 Å². The van der Waals surface area contributed by atoms with Gasteiger partial charge in [0.2, 0.25) is 5.78 Å². The third-order valence-corrected chi connectivity index (χ3v) is 4.56. The van der Waals surface area contributed by atoms with Crippen LogP contribution in [-0.2, 0) is 0 Å². The van der Waals surface area contributed by atoms with Gasteiger partial charge in [0.05, 0.1) is 18.5 Å². The molecular formula is C24H20N4O2. The molecule has 0 aliphatic heterocycles. The summed E-state index contributed by atoms with van der Waals surface area (Å²) in [5.41, 5.74) is 3.81. The molecule has 2 aromatic carbocycles. The standard InChI is InChI=1S/C24H20N4O2/c1-30-21-9-7-19(8-10-21)22-15-23(28(27-22)20-5-3-2-4-6-20)24(29)17-26-16-18-11-13-25-14-12-18/h2-16H,17H2,1H3. The molecular weight excluding hydrogens is 376 g/mol. The van der Waals surface area contributed by atoms with E-state index >= 15 is 0 Å². The van der Waals surface area contributed by atoms with Gasteiger partial charge in [0, 0.05) is 24.2 Å². The quantitative estimate of drug-likeness (QED) is 0.346. The summed E-state index contributed by atoms with van der Waals surface area (Å²) in [5, 5.41) is 4.69. The van der Waals surface area contributed by atoms with Gasteiger partial charge < -0.3 is 4.74 Å². The van der Waals surface area contributed by atoms with Gasteiger partial charge in [0.15, 0.2) is 0 Å². The van der Waals surface area contributed by atoms with Gasteiger partial charge in [0.25, 0.3) is 0 Å². The van der Waals surface area contributed by atoms with Gasteiger partial charge >= 0.3 is 0 Å². The number of carbonyl (C=O) groups excluding carboxylic acids is 1. The molecule has 4 rings (SSSR count). The molecule has 2 aromatic heterocycles. The number of carbonyl (C=O) groups is 1. The van der Waals surface area contributed by atoms with Crippen LogP contribution in [0.2, 0.25) is 0 Å². The Morgan fingerprint density at radius 2 is 1.77 bits per heavy atom. The maximum atomic E-state index is 13.0. The summed E-state index contributed by atoms with van der Waals surface area (Å²) in [7, 11) is 1.63. The molecule has 0 aliphatic rings. The Hall–Kier alpha value is -4.06. The molecule has 6 nitrogen and oxygen atoms in total. The molecule has 0 N–H and O–H groups in total. The first kappa shape index (κ1) is 19.3. The fourth-order valence-corrected chi connectivity index (χ4v) is 3.01. The molecule has 0 saturated carbocycles. The second-order valence-electron chi connectivity index (χ2n) is 6.56. The average Bonchev–Trinajstić information content (AvgIpc) is 3.26. The Bertz CT molecular complexity index is 1150. The van der Waals surface area contributed by atoms with Gasteiger partial charge in [0.1, 0.15) is 18.0 Å². The van der Waals surface area contributed by atoms with E-state index < -0.39 is 0 Å². The lowest BCUT2D eigenvalue weighted by atomic mass is 10.1. The number of ether oxygens (including phenoxy) is 1. The smallest absolute Gasteiger partial charge is 0.202 e. The van der Waals surface area contributed by atoms with Crippen LogP contribution in [0.3, 0.4) is 0 Å². The number of rotatable bonds is 7. The van der Waals surface area contributed by atoms with Gasteiger partial charge in [-0.2, -0.15) is 5.10 Å². The third kappa shape index (κ3) is 4.33. The molecule has 0 unspecified atom stereocenters. The largest absolute Gasteiger partial charge is 0.497 e. The minimum Gasteiger partial charge on any atom is -0.497 e. The van der Waals surface area contributed by atoms with Gasteiger partial charge in [-0.25, -0.2) is 4.68 Å². The molecule has 0 amide bonds. The number of Topliss-reactive ketones (excluding diaryl/α,β-unsaturated/α-hetero) is 1. The Kier molecular flexibility index (Phi) is 5.75. The van der Waals surface area contributed by atoms with Crippen molar-refractivity contribution in [1.82, 2.24) is 14.8 Å². The first-order valence-corrected chi connectivity index (χ1v) is 9.47. The highest BCUT2D eigenvalue weighted by Crippen LogP contribution is 2.24. The normalized spacial score (nSPS) is 11.0. The Morgan fingerprint density at radius 1 is 1.03 bits per heavy atom. The van der Waals surface area contributed by atoms with E-state index in [1.165, 1.54) is 0 Å². The summed E-state index contributed by atoms with van der Waals surface area (Å²) in [6, 6.07) is 22.7. The Labute approximate surface area is 174 Å². The van der Waals surface area contributed by atoms with Crippen LogP contribution < -0.4 is 4.74 Å². The highest BCUT2D eigenvalue weighted by Gasteiger charge is 2.17. The van der Waals surface area contributed by atoms with Crippen molar-refractivity contribution in [2.24, 2.45) is 4.99 Å². The number of nitrogens with zero attached hydrogens (tertiary/aromatic N) is 4. The van der Waals surface area contributed by atoms with Crippen molar-refractivity contribution in [3.05, 3.63) is 96.4 Å². The van der Waals surface area contributed by atoms with E-state index in [1.54, 1.807) is 36.5 Å². The van der Waals surface area contributed by atoms with Gasteiger partial charge in [-0.3, -0.25) is 14.8 Å². The van der Waals surface area contributed by atoms with Crippen LogP contribution in [0.1, 0.15) is 16.1 Å². The van der Waals surface area contributed by atoms with E-state index in [4.69, 9.17) is 4.74 Å². The number of para-hydroxylation sites is 1. The fraction of sp³-hybridized carbons (Fsp3) is 0.0833. The molecule has 0 bridgehead atoms. The summed E-state index contributed by atoms with van der Waals surface area (Å²) in [6.45, 7) is 0.0307. The van der Waals surface area contributed by atoms with Crippen LogP contribution in [0, 0.1) is 0 Å². The molecule has 0 radical (unpaired) electrons. The number of hydrogen-bond acceptors (Lipinski definition) is 5. The third-order valence-electron chi connectivity index (χ3n) is 4.56. The summed E-state index contributed by atoms with van der Waals surface area (Å²) >= 11 is 0. The number of aromatic nitrogens is 3. The van der Waals surface area contributed by atoms with E-state index in [1.807, 2.05) is 66.7 Å². The summed E-state index contributed by atoms with van der Waals surface area (Å²) in [5.74, 6) is 0.652. The highest BCUT2D eigenvalue weighted by atomic mass is 16.5. The van der Waals surface area contributed by atoms with E-state index in [-0.39, 0.29) is 12.3 Å². The number of hydrogen-bond donors (Lipinski definition) is 0. The second kappa shape index (κ2) is 8.96.